The highest BCUT2D eigenvalue weighted by molar-refractivity contribution is 5.84. The number of benzene rings is 1. The minimum Gasteiger partial charge on any atom is -0.319 e. The van der Waals surface area contributed by atoms with Gasteiger partial charge in [0.15, 0.2) is 0 Å². The van der Waals surface area contributed by atoms with Crippen LogP contribution in [0.25, 0.3) is 0 Å². The second-order valence-corrected chi connectivity index (χ2v) is 5.74. The van der Waals surface area contributed by atoms with Crippen LogP contribution in [0.1, 0.15) is 50.8 Å². The van der Waals surface area contributed by atoms with Crippen molar-refractivity contribution >= 4 is 5.91 Å². The lowest BCUT2D eigenvalue weighted by Gasteiger charge is -2.35. The molecule has 2 aliphatic rings. The molecule has 1 aliphatic carbocycles. The molecule has 19 heavy (non-hydrogen) atoms. The average Bonchev–Trinajstić information content (AvgIpc) is 2.77. The molecule has 1 saturated carbocycles. The van der Waals surface area contributed by atoms with Gasteiger partial charge in [-0.05, 0) is 25.3 Å². The van der Waals surface area contributed by atoms with E-state index in [-0.39, 0.29) is 18.1 Å². The molecule has 1 saturated heterocycles. The Morgan fingerprint density at radius 3 is 2.47 bits per heavy atom. The topological polar surface area (TPSA) is 32.3 Å². The highest BCUT2D eigenvalue weighted by atomic mass is 16.2. The normalized spacial score (nSPS) is 28.9. The maximum atomic E-state index is 12.5. The lowest BCUT2D eigenvalue weighted by atomic mass is 9.93. The number of carbonyl (C=O) groups excluding carboxylic acids is 1. The van der Waals surface area contributed by atoms with E-state index < -0.39 is 0 Å². The zero-order valence-corrected chi connectivity index (χ0v) is 11.5. The number of nitrogens with one attached hydrogen (secondary N) is 1. The lowest BCUT2D eigenvalue weighted by Crippen LogP contribution is -2.41. The van der Waals surface area contributed by atoms with Gasteiger partial charge in [0.1, 0.15) is 6.17 Å². The van der Waals surface area contributed by atoms with Gasteiger partial charge in [-0.15, -0.1) is 0 Å². The van der Waals surface area contributed by atoms with E-state index in [1.165, 1.54) is 24.8 Å². The number of hydrogen-bond acceptors (Lipinski definition) is 2. The quantitative estimate of drug-likeness (QED) is 0.884. The number of rotatable bonds is 2. The van der Waals surface area contributed by atoms with E-state index in [4.69, 9.17) is 0 Å². The fourth-order valence-corrected chi connectivity index (χ4v) is 3.38. The van der Waals surface area contributed by atoms with Crippen LogP contribution in [-0.4, -0.2) is 22.9 Å². The maximum Gasteiger partial charge on any atom is 0.241 e. The lowest BCUT2D eigenvalue weighted by molar-refractivity contribution is -0.132. The van der Waals surface area contributed by atoms with E-state index in [1.807, 2.05) is 25.1 Å². The van der Waals surface area contributed by atoms with Gasteiger partial charge in [-0.25, -0.2) is 0 Å². The first kappa shape index (κ1) is 12.7. The maximum absolute atomic E-state index is 12.5. The Bertz CT molecular complexity index is 439. The SMILES string of the molecule is CC1NC(c2ccccc2)N(C2CCCCC2)C1=O. The Morgan fingerprint density at radius 2 is 1.79 bits per heavy atom. The van der Waals surface area contributed by atoms with Gasteiger partial charge in [-0.2, -0.15) is 0 Å². The van der Waals surface area contributed by atoms with Crippen molar-refractivity contribution in [2.75, 3.05) is 0 Å². The van der Waals surface area contributed by atoms with Gasteiger partial charge < -0.3 is 4.90 Å². The van der Waals surface area contributed by atoms with Gasteiger partial charge in [0, 0.05) is 6.04 Å². The second kappa shape index (κ2) is 5.33. The van der Waals surface area contributed by atoms with Crippen LogP contribution in [0, 0.1) is 0 Å². The van der Waals surface area contributed by atoms with Gasteiger partial charge >= 0.3 is 0 Å². The molecule has 1 aliphatic heterocycles. The first-order chi connectivity index (χ1) is 9.27. The summed E-state index contributed by atoms with van der Waals surface area (Å²) in [4.78, 5) is 14.6. The number of nitrogens with zero attached hydrogens (tertiary/aromatic N) is 1. The molecule has 0 aromatic heterocycles. The van der Waals surface area contributed by atoms with E-state index in [9.17, 15) is 4.79 Å². The molecule has 1 heterocycles. The zero-order valence-electron chi connectivity index (χ0n) is 11.5. The molecule has 1 N–H and O–H groups in total. The van der Waals surface area contributed by atoms with E-state index in [0.717, 1.165) is 12.8 Å². The smallest absolute Gasteiger partial charge is 0.241 e. The molecule has 1 amide bonds. The summed E-state index contributed by atoms with van der Waals surface area (Å²) in [5.74, 6) is 0.265. The third-order valence-corrected chi connectivity index (χ3v) is 4.39. The molecule has 2 unspecified atom stereocenters. The molecule has 2 atom stereocenters. The summed E-state index contributed by atoms with van der Waals surface area (Å²) in [5, 5.41) is 3.44. The predicted octanol–water partition coefficient (Wildman–Crippen LogP) is 2.84. The minimum absolute atomic E-state index is 0.0619. The van der Waals surface area contributed by atoms with E-state index in [2.05, 4.69) is 22.3 Å². The molecule has 0 spiro atoms. The van der Waals surface area contributed by atoms with Crippen molar-refractivity contribution in [2.24, 2.45) is 0 Å². The van der Waals surface area contributed by atoms with Crippen molar-refractivity contribution in [3.05, 3.63) is 35.9 Å². The summed E-state index contributed by atoms with van der Waals surface area (Å²) in [5.41, 5.74) is 1.20. The molecule has 102 valence electrons. The Kier molecular flexibility index (Phi) is 3.56. The standard InChI is InChI=1S/C16H22N2O/c1-12-16(19)18(14-10-6-3-7-11-14)15(17-12)13-8-4-2-5-9-13/h2,4-5,8-9,12,14-15,17H,3,6-7,10-11H2,1H3. The van der Waals surface area contributed by atoms with Crippen LogP contribution < -0.4 is 5.32 Å². The largest absolute Gasteiger partial charge is 0.319 e. The van der Waals surface area contributed by atoms with Crippen molar-refractivity contribution in [2.45, 2.75) is 57.3 Å². The highest BCUT2D eigenvalue weighted by Gasteiger charge is 2.41. The molecule has 3 rings (SSSR count). The van der Waals surface area contributed by atoms with Crippen LogP contribution >= 0.6 is 0 Å². The fourth-order valence-electron chi connectivity index (χ4n) is 3.38. The zero-order chi connectivity index (χ0) is 13.2. The van der Waals surface area contributed by atoms with E-state index in [0.29, 0.717) is 6.04 Å². The van der Waals surface area contributed by atoms with Crippen molar-refractivity contribution in [3.8, 4) is 0 Å². The first-order valence-electron chi connectivity index (χ1n) is 7.40. The van der Waals surface area contributed by atoms with Gasteiger partial charge in [0.2, 0.25) is 5.91 Å². The molecule has 3 nitrogen and oxygen atoms in total. The number of hydrogen-bond donors (Lipinski definition) is 1. The van der Waals surface area contributed by atoms with Crippen LogP contribution in [0.4, 0.5) is 0 Å². The molecule has 1 aromatic rings. The van der Waals surface area contributed by atoms with Crippen molar-refractivity contribution in [1.82, 2.24) is 10.2 Å². The Labute approximate surface area is 115 Å². The van der Waals surface area contributed by atoms with Crippen LogP contribution in [0.3, 0.4) is 0 Å². The number of amides is 1. The van der Waals surface area contributed by atoms with Gasteiger partial charge in [-0.1, -0.05) is 49.6 Å². The van der Waals surface area contributed by atoms with Gasteiger partial charge in [0.05, 0.1) is 6.04 Å². The fraction of sp³-hybridized carbons (Fsp3) is 0.562. The molecular weight excluding hydrogens is 236 g/mol. The summed E-state index contributed by atoms with van der Waals surface area (Å²) >= 11 is 0. The third-order valence-electron chi connectivity index (χ3n) is 4.39. The van der Waals surface area contributed by atoms with Crippen LogP contribution in [0.5, 0.6) is 0 Å². The van der Waals surface area contributed by atoms with E-state index in [1.54, 1.807) is 0 Å². The van der Waals surface area contributed by atoms with E-state index >= 15 is 0 Å². The average molecular weight is 258 g/mol. The summed E-state index contributed by atoms with van der Waals surface area (Å²) in [7, 11) is 0. The summed E-state index contributed by atoms with van der Waals surface area (Å²) in [6.07, 6.45) is 6.20. The Hall–Kier alpha value is -1.35. The summed E-state index contributed by atoms with van der Waals surface area (Å²) < 4.78 is 0. The molecule has 0 radical (unpaired) electrons. The van der Waals surface area contributed by atoms with Crippen molar-refractivity contribution < 1.29 is 4.79 Å². The Balaban J connectivity index is 1.87. The molecule has 3 heteroatoms. The first-order valence-corrected chi connectivity index (χ1v) is 7.40. The monoisotopic (exact) mass is 258 g/mol. The Morgan fingerprint density at radius 1 is 1.11 bits per heavy atom. The van der Waals surface area contributed by atoms with Crippen LogP contribution in [0.2, 0.25) is 0 Å². The van der Waals surface area contributed by atoms with Crippen LogP contribution in [0.15, 0.2) is 30.3 Å². The molecule has 0 bridgehead atoms. The van der Waals surface area contributed by atoms with Crippen molar-refractivity contribution in [1.29, 1.82) is 0 Å². The molecule has 1 aromatic carbocycles. The highest BCUT2D eigenvalue weighted by Crippen LogP contribution is 2.33. The molecular formula is C16H22N2O. The second-order valence-electron chi connectivity index (χ2n) is 5.74. The summed E-state index contributed by atoms with van der Waals surface area (Å²) in [6.45, 7) is 1.97. The van der Waals surface area contributed by atoms with Crippen molar-refractivity contribution in [3.63, 3.8) is 0 Å². The van der Waals surface area contributed by atoms with Crippen LogP contribution in [-0.2, 0) is 4.79 Å². The van der Waals surface area contributed by atoms with Gasteiger partial charge in [-0.3, -0.25) is 10.1 Å². The number of carbonyl (C=O) groups is 1. The predicted molar refractivity (Wildman–Crippen MR) is 75.5 cm³/mol. The van der Waals surface area contributed by atoms with Gasteiger partial charge in [0.25, 0.3) is 0 Å². The third kappa shape index (κ3) is 2.39. The summed E-state index contributed by atoms with van der Waals surface area (Å²) in [6, 6.07) is 10.7. The molecule has 2 fully saturated rings. The minimum atomic E-state index is -0.0628.